The lowest BCUT2D eigenvalue weighted by molar-refractivity contribution is -0.163. The molecule has 3 aliphatic carbocycles. The second-order valence-corrected chi connectivity index (χ2v) is 12.3. The van der Waals surface area contributed by atoms with Gasteiger partial charge in [-0.15, -0.1) is 0 Å². The Morgan fingerprint density at radius 3 is 2.37 bits per heavy atom. The Kier molecular flexibility index (Phi) is 7.03. The third-order valence-corrected chi connectivity index (χ3v) is 8.24. The van der Waals surface area contributed by atoms with Gasteiger partial charge in [0, 0.05) is 47.7 Å². The second kappa shape index (κ2) is 9.46. The first-order valence-electron chi connectivity index (χ1n) is 12.8. The summed E-state index contributed by atoms with van der Waals surface area (Å²) >= 11 is 0. The number of carbonyl (C=O) groups excluding carboxylic acids is 2. The third-order valence-electron chi connectivity index (χ3n) is 8.24. The molecule has 1 fully saturated rings. The monoisotopic (exact) mass is 529 g/mol. The van der Waals surface area contributed by atoms with E-state index >= 15 is 0 Å². The maximum absolute atomic E-state index is 14.0. The normalized spacial score (nSPS) is 33.0. The van der Waals surface area contributed by atoms with Crippen LogP contribution in [0.15, 0.2) is 29.4 Å². The maximum atomic E-state index is 14.0. The number of aliphatic hydroxyl groups excluding tert-OH is 3. The van der Waals surface area contributed by atoms with Crippen LogP contribution < -0.4 is 11.1 Å². The Morgan fingerprint density at radius 1 is 1.18 bits per heavy atom. The summed E-state index contributed by atoms with van der Waals surface area (Å²) in [6, 6.07) is 2.50. The van der Waals surface area contributed by atoms with E-state index in [-0.39, 0.29) is 27.9 Å². The molecular weight excluding hydrogens is 490 g/mol. The highest BCUT2D eigenvalue weighted by molar-refractivity contribution is 6.11. The molecule has 8 N–H and O–H groups in total. The maximum Gasteiger partial charge on any atom is 0.247 e. The molecule has 208 valence electrons. The van der Waals surface area contributed by atoms with Gasteiger partial charge in [0.25, 0.3) is 0 Å². The van der Waals surface area contributed by atoms with Crippen molar-refractivity contribution >= 4 is 17.4 Å². The lowest BCUT2D eigenvalue weighted by Crippen LogP contribution is -2.69. The number of nitrogens with zero attached hydrogens (tertiary/aromatic N) is 1. The number of phenolic OH excluding ortho intramolecular Hbond substituents is 1. The molecule has 0 radical (unpaired) electrons. The summed E-state index contributed by atoms with van der Waals surface area (Å²) in [5, 5.41) is 60.2. The van der Waals surface area contributed by atoms with Crippen LogP contribution in [0.5, 0.6) is 5.75 Å². The molecule has 10 nitrogen and oxygen atoms in total. The SMILES string of the molecule is C[C@H]1c2ccc(CNCC(C)(C)C)c(O)c2C(O)=C2C(=O)[C@]3(O)C=C(C(N)=O)C(O)C(N(C)C)[C@@H]3[C@@H](O)[C@@H]21. The van der Waals surface area contributed by atoms with Crippen molar-refractivity contribution in [3.63, 3.8) is 0 Å². The number of hydrogen-bond acceptors (Lipinski definition) is 9. The predicted octanol–water partition coefficient (Wildman–Crippen LogP) is 0.538. The average molecular weight is 530 g/mol. The van der Waals surface area contributed by atoms with Crippen molar-refractivity contribution in [3.8, 4) is 5.75 Å². The summed E-state index contributed by atoms with van der Waals surface area (Å²) in [6.07, 6.45) is -1.92. The summed E-state index contributed by atoms with van der Waals surface area (Å²) in [5.41, 5.74) is 3.64. The molecule has 4 rings (SSSR count). The fourth-order valence-electron chi connectivity index (χ4n) is 6.45. The van der Waals surface area contributed by atoms with Crippen LogP contribution in [0.25, 0.3) is 5.76 Å². The Balaban J connectivity index is 1.87. The van der Waals surface area contributed by atoms with Crippen LogP contribution in [-0.2, 0) is 16.1 Å². The van der Waals surface area contributed by atoms with Crippen molar-refractivity contribution in [3.05, 3.63) is 46.0 Å². The molecular formula is C28H39N3O7. The summed E-state index contributed by atoms with van der Waals surface area (Å²) in [4.78, 5) is 27.6. The highest BCUT2D eigenvalue weighted by atomic mass is 16.3. The topological polar surface area (TPSA) is 177 Å². The minimum absolute atomic E-state index is 0.0155. The number of likely N-dealkylation sites (N-methyl/N-ethyl adjacent to an activating group) is 1. The molecule has 0 spiro atoms. The number of fused-ring (bicyclic) bond motifs is 3. The minimum Gasteiger partial charge on any atom is -0.507 e. The van der Waals surface area contributed by atoms with Gasteiger partial charge in [0.05, 0.1) is 11.7 Å². The van der Waals surface area contributed by atoms with E-state index in [1.165, 1.54) is 4.90 Å². The number of benzene rings is 1. The number of ketones is 1. The quantitative estimate of drug-likeness (QED) is 0.287. The number of carbonyl (C=O) groups is 2. The number of nitrogens with one attached hydrogen (secondary N) is 1. The molecule has 0 saturated heterocycles. The number of hydrogen-bond donors (Lipinski definition) is 7. The van der Waals surface area contributed by atoms with Crippen LogP contribution in [0.3, 0.4) is 0 Å². The van der Waals surface area contributed by atoms with E-state index in [1.807, 2.05) is 0 Å². The van der Waals surface area contributed by atoms with E-state index in [0.29, 0.717) is 24.2 Å². The van der Waals surface area contributed by atoms with Crippen molar-refractivity contribution in [1.29, 1.82) is 0 Å². The molecule has 1 aromatic rings. The molecule has 0 heterocycles. The fraction of sp³-hybridized carbons (Fsp3) is 0.571. The molecule has 0 aromatic heterocycles. The van der Waals surface area contributed by atoms with Gasteiger partial charge in [0.15, 0.2) is 11.4 Å². The largest absolute Gasteiger partial charge is 0.507 e. The Labute approximate surface area is 222 Å². The Hall–Kier alpha value is -2.76. The van der Waals surface area contributed by atoms with E-state index in [0.717, 1.165) is 6.08 Å². The van der Waals surface area contributed by atoms with Gasteiger partial charge in [-0.25, -0.2) is 0 Å². The number of amides is 1. The molecule has 38 heavy (non-hydrogen) atoms. The number of phenols is 1. The van der Waals surface area contributed by atoms with Crippen molar-refractivity contribution in [1.82, 2.24) is 10.2 Å². The smallest absolute Gasteiger partial charge is 0.247 e. The van der Waals surface area contributed by atoms with Crippen LogP contribution in [0, 0.1) is 17.3 Å². The van der Waals surface area contributed by atoms with Crippen molar-refractivity contribution < 1.29 is 35.1 Å². The van der Waals surface area contributed by atoms with E-state index in [4.69, 9.17) is 5.73 Å². The first-order valence-corrected chi connectivity index (χ1v) is 12.8. The summed E-state index contributed by atoms with van der Waals surface area (Å²) in [5.74, 6) is -5.29. The zero-order valence-electron chi connectivity index (χ0n) is 22.7. The highest BCUT2D eigenvalue weighted by Crippen LogP contribution is 2.55. The lowest BCUT2D eigenvalue weighted by atomic mass is 9.54. The van der Waals surface area contributed by atoms with E-state index in [9.17, 15) is 35.1 Å². The number of primary amides is 1. The molecule has 1 saturated carbocycles. The van der Waals surface area contributed by atoms with Gasteiger partial charge >= 0.3 is 0 Å². The standard InChI is InChI=1S/C28H39N3O7/c1-12-14-8-7-13(10-30-11-27(2,3)4)21(32)17(14)23(34)18-16(12)24(35)19-20(31(5)6)22(33)15(26(29)37)9-28(19,38)25(18)36/h7-9,12,16,19-20,22,24,30,32-35,38H,10-11H2,1-6H3,(H2,29,37)/t12-,16+,19+,20?,22?,24-,28-/m0/s1. The number of aliphatic hydroxyl groups is 4. The summed E-state index contributed by atoms with van der Waals surface area (Å²) in [7, 11) is 3.20. The molecule has 3 aliphatic rings. The van der Waals surface area contributed by atoms with E-state index in [1.54, 1.807) is 33.2 Å². The van der Waals surface area contributed by atoms with Crippen molar-refractivity contribution in [2.75, 3.05) is 20.6 Å². The fourth-order valence-corrected chi connectivity index (χ4v) is 6.45. The molecule has 10 heteroatoms. The van der Waals surface area contributed by atoms with Crippen LogP contribution in [-0.4, -0.2) is 86.6 Å². The Bertz CT molecular complexity index is 1230. The highest BCUT2D eigenvalue weighted by Gasteiger charge is 2.64. The van der Waals surface area contributed by atoms with Gasteiger partial charge in [-0.2, -0.15) is 0 Å². The molecule has 7 atom stereocenters. The minimum atomic E-state index is -2.42. The van der Waals surface area contributed by atoms with Crippen LogP contribution in [0.2, 0.25) is 0 Å². The van der Waals surface area contributed by atoms with Crippen molar-refractivity contribution in [2.45, 2.75) is 64.0 Å². The van der Waals surface area contributed by atoms with E-state index in [2.05, 4.69) is 26.1 Å². The Morgan fingerprint density at radius 2 is 1.82 bits per heavy atom. The van der Waals surface area contributed by atoms with Gasteiger partial charge < -0.3 is 41.5 Å². The van der Waals surface area contributed by atoms with Gasteiger partial charge in [0.2, 0.25) is 5.91 Å². The zero-order chi connectivity index (χ0) is 28.5. The first kappa shape index (κ1) is 28.3. The van der Waals surface area contributed by atoms with Crippen molar-refractivity contribution in [2.24, 2.45) is 23.0 Å². The lowest BCUT2D eigenvalue weighted by Gasteiger charge is -2.55. The average Bonchev–Trinajstić information content (AvgIpc) is 2.80. The summed E-state index contributed by atoms with van der Waals surface area (Å²) < 4.78 is 0. The number of rotatable bonds is 5. The zero-order valence-corrected chi connectivity index (χ0v) is 22.7. The van der Waals surface area contributed by atoms with Crippen LogP contribution in [0.4, 0.5) is 0 Å². The third kappa shape index (κ3) is 4.24. The number of aromatic hydroxyl groups is 1. The number of Topliss-reactive ketones (excluding diaryl/α,β-unsaturated/α-hetero) is 1. The van der Waals surface area contributed by atoms with E-state index < -0.39 is 59.1 Å². The van der Waals surface area contributed by atoms with Gasteiger partial charge in [0.1, 0.15) is 17.6 Å². The number of nitrogens with two attached hydrogens (primary N) is 1. The van der Waals surface area contributed by atoms with Gasteiger partial charge in [-0.1, -0.05) is 39.8 Å². The van der Waals surface area contributed by atoms with Crippen LogP contribution in [0.1, 0.15) is 50.3 Å². The molecule has 0 bridgehead atoms. The first-order chi connectivity index (χ1) is 17.5. The second-order valence-electron chi connectivity index (χ2n) is 12.3. The molecule has 2 unspecified atom stereocenters. The molecule has 1 amide bonds. The summed E-state index contributed by atoms with van der Waals surface area (Å²) in [6.45, 7) is 9.01. The molecule has 0 aliphatic heterocycles. The predicted molar refractivity (Wildman–Crippen MR) is 141 cm³/mol. The van der Waals surface area contributed by atoms with Gasteiger partial charge in [-0.3, -0.25) is 9.59 Å². The van der Waals surface area contributed by atoms with Crippen LogP contribution >= 0.6 is 0 Å². The molecule has 1 aromatic carbocycles. The van der Waals surface area contributed by atoms with Gasteiger partial charge in [-0.05, 0) is 37.1 Å².